The van der Waals surface area contributed by atoms with Crippen LogP contribution in [0.2, 0.25) is 0 Å². The molecule has 1 aliphatic heterocycles. The summed E-state index contributed by atoms with van der Waals surface area (Å²) in [5.74, 6) is 0. The van der Waals surface area contributed by atoms with Crippen molar-refractivity contribution in [2.45, 2.75) is 24.4 Å². The van der Waals surface area contributed by atoms with Crippen LogP contribution in [-0.4, -0.2) is 45.2 Å². The van der Waals surface area contributed by atoms with Crippen molar-refractivity contribution in [1.82, 2.24) is 4.98 Å². The van der Waals surface area contributed by atoms with Crippen LogP contribution in [-0.2, 0) is 4.74 Å². The van der Waals surface area contributed by atoms with Crippen LogP contribution in [0.4, 0.5) is 0 Å². The van der Waals surface area contributed by atoms with E-state index in [0.717, 1.165) is 9.13 Å². The fraction of sp³-hybridized carbons (Fsp3) is 0.500. The molecule has 0 aromatic carbocycles. The van der Waals surface area contributed by atoms with Crippen LogP contribution in [0.5, 0.6) is 0 Å². The Morgan fingerprint density at radius 3 is 2.69 bits per heavy atom. The molecule has 1 aromatic rings. The van der Waals surface area contributed by atoms with Crippen molar-refractivity contribution in [2.24, 2.45) is 0 Å². The Hall–Kier alpha value is -0.280. The maximum atomic E-state index is 9.82. The van der Waals surface area contributed by atoms with Crippen LogP contribution in [0.15, 0.2) is 18.5 Å². The second-order valence-corrected chi connectivity index (χ2v) is 4.82. The van der Waals surface area contributed by atoms with Gasteiger partial charge in [-0.2, -0.15) is 0 Å². The first-order chi connectivity index (χ1) is 7.65. The van der Waals surface area contributed by atoms with Crippen LogP contribution in [0, 0.1) is 3.57 Å². The first-order valence-corrected chi connectivity index (χ1v) is 5.95. The molecule has 88 valence electrons. The molecule has 2 rings (SSSR count). The predicted octanol–water partition coefficient (Wildman–Crippen LogP) is -0.160. The standard InChI is InChI=1S/C10H12INO4/c11-6-1-2-12-3-5(6)10-9(15)8(14)7(4-13)16-10/h1-3,7-10,13-15H,4H2/t7-,8-,9-,10+/m1/s1. The van der Waals surface area contributed by atoms with Crippen LogP contribution in [0.1, 0.15) is 11.7 Å². The van der Waals surface area contributed by atoms with Gasteiger partial charge < -0.3 is 20.1 Å². The summed E-state index contributed by atoms with van der Waals surface area (Å²) in [7, 11) is 0. The van der Waals surface area contributed by atoms with E-state index in [1.807, 2.05) is 0 Å². The Labute approximate surface area is 106 Å². The van der Waals surface area contributed by atoms with Crippen molar-refractivity contribution in [2.75, 3.05) is 6.61 Å². The second-order valence-electron chi connectivity index (χ2n) is 3.66. The Bertz CT molecular complexity index is 376. The van der Waals surface area contributed by atoms with Crippen LogP contribution in [0.25, 0.3) is 0 Å². The molecular formula is C10H12INO4. The molecule has 3 N–H and O–H groups in total. The molecule has 0 unspecified atom stereocenters. The fourth-order valence-electron chi connectivity index (χ4n) is 1.76. The van der Waals surface area contributed by atoms with Crippen molar-refractivity contribution in [3.63, 3.8) is 0 Å². The summed E-state index contributed by atoms with van der Waals surface area (Å²) in [6.45, 7) is -0.314. The average molecular weight is 337 g/mol. The Morgan fingerprint density at radius 2 is 2.12 bits per heavy atom. The molecule has 0 radical (unpaired) electrons. The Morgan fingerprint density at radius 1 is 1.38 bits per heavy atom. The van der Waals surface area contributed by atoms with Gasteiger partial charge in [0.1, 0.15) is 24.4 Å². The minimum atomic E-state index is -1.06. The number of nitrogens with zero attached hydrogens (tertiary/aromatic N) is 1. The zero-order valence-electron chi connectivity index (χ0n) is 8.32. The molecule has 4 atom stereocenters. The van der Waals surface area contributed by atoms with Gasteiger partial charge in [0, 0.05) is 21.5 Å². The van der Waals surface area contributed by atoms with Crippen molar-refractivity contribution < 1.29 is 20.1 Å². The monoisotopic (exact) mass is 337 g/mol. The van der Waals surface area contributed by atoms with Gasteiger partial charge in [0.15, 0.2) is 0 Å². The van der Waals surface area contributed by atoms with Gasteiger partial charge in [-0.1, -0.05) is 0 Å². The van der Waals surface area contributed by atoms with E-state index in [-0.39, 0.29) is 6.61 Å². The molecule has 2 heterocycles. The zero-order valence-corrected chi connectivity index (χ0v) is 10.5. The van der Waals surface area contributed by atoms with Gasteiger partial charge in [-0.3, -0.25) is 4.98 Å². The molecule has 0 bridgehead atoms. The Kier molecular flexibility index (Phi) is 3.75. The lowest BCUT2D eigenvalue weighted by molar-refractivity contribution is -0.0230. The van der Waals surface area contributed by atoms with E-state index in [2.05, 4.69) is 27.6 Å². The number of hydrogen-bond donors (Lipinski definition) is 3. The number of aliphatic hydroxyl groups is 3. The molecule has 1 aliphatic rings. The quantitative estimate of drug-likeness (QED) is 0.654. The molecule has 1 fully saturated rings. The highest BCUT2D eigenvalue weighted by Gasteiger charge is 2.43. The molecule has 1 saturated heterocycles. The lowest BCUT2D eigenvalue weighted by atomic mass is 10.0. The van der Waals surface area contributed by atoms with E-state index in [1.165, 1.54) is 0 Å². The van der Waals surface area contributed by atoms with Gasteiger partial charge in [0.25, 0.3) is 0 Å². The van der Waals surface area contributed by atoms with E-state index < -0.39 is 24.4 Å². The van der Waals surface area contributed by atoms with Crippen LogP contribution >= 0.6 is 22.6 Å². The SMILES string of the molecule is OC[C@H]1O[C@@H](c2cnccc2I)[C@H](O)[C@@H]1O. The van der Waals surface area contributed by atoms with Crippen molar-refractivity contribution in [3.05, 3.63) is 27.6 Å². The molecule has 6 heteroatoms. The third kappa shape index (κ3) is 2.07. The first kappa shape index (κ1) is 12.2. The molecule has 16 heavy (non-hydrogen) atoms. The number of pyridine rings is 1. The van der Waals surface area contributed by atoms with Gasteiger partial charge in [0.2, 0.25) is 0 Å². The van der Waals surface area contributed by atoms with Gasteiger partial charge in [-0.05, 0) is 28.7 Å². The normalized spacial score (nSPS) is 34.2. The van der Waals surface area contributed by atoms with Gasteiger partial charge in [0.05, 0.1) is 6.61 Å². The van der Waals surface area contributed by atoms with Crippen LogP contribution in [0.3, 0.4) is 0 Å². The molecule has 0 amide bonds. The minimum Gasteiger partial charge on any atom is -0.394 e. The van der Waals surface area contributed by atoms with Crippen LogP contribution < -0.4 is 0 Å². The summed E-state index contributed by atoms with van der Waals surface area (Å²) in [6, 6.07) is 1.80. The van der Waals surface area contributed by atoms with Crippen molar-refractivity contribution >= 4 is 22.6 Å². The summed E-state index contributed by atoms with van der Waals surface area (Å²) in [4.78, 5) is 3.96. The number of halogens is 1. The van der Waals surface area contributed by atoms with Crippen molar-refractivity contribution in [1.29, 1.82) is 0 Å². The van der Waals surface area contributed by atoms with E-state index in [9.17, 15) is 10.2 Å². The van der Waals surface area contributed by atoms with E-state index in [4.69, 9.17) is 9.84 Å². The summed E-state index contributed by atoms with van der Waals surface area (Å²) < 4.78 is 6.31. The summed E-state index contributed by atoms with van der Waals surface area (Å²) in [6.07, 6.45) is -0.223. The smallest absolute Gasteiger partial charge is 0.114 e. The maximum absolute atomic E-state index is 9.82. The molecule has 1 aromatic heterocycles. The molecule has 0 aliphatic carbocycles. The molecular weight excluding hydrogens is 325 g/mol. The first-order valence-electron chi connectivity index (χ1n) is 4.87. The summed E-state index contributed by atoms with van der Waals surface area (Å²) >= 11 is 2.11. The zero-order chi connectivity index (χ0) is 11.7. The van der Waals surface area contributed by atoms with E-state index in [1.54, 1.807) is 18.5 Å². The lowest BCUT2D eigenvalue weighted by Crippen LogP contribution is -2.32. The summed E-state index contributed by atoms with van der Waals surface area (Å²) in [5.41, 5.74) is 0.727. The summed E-state index contributed by atoms with van der Waals surface area (Å²) in [5, 5.41) is 28.4. The maximum Gasteiger partial charge on any atom is 0.114 e. The number of hydrogen-bond acceptors (Lipinski definition) is 5. The topological polar surface area (TPSA) is 82.8 Å². The van der Waals surface area contributed by atoms with E-state index >= 15 is 0 Å². The third-order valence-electron chi connectivity index (χ3n) is 2.65. The highest BCUT2D eigenvalue weighted by molar-refractivity contribution is 14.1. The average Bonchev–Trinajstić information content (AvgIpc) is 2.57. The minimum absolute atomic E-state index is 0.314. The Balaban J connectivity index is 2.26. The fourth-order valence-corrected chi connectivity index (χ4v) is 2.36. The number of rotatable bonds is 2. The third-order valence-corrected chi connectivity index (χ3v) is 3.63. The largest absolute Gasteiger partial charge is 0.394 e. The van der Waals surface area contributed by atoms with Gasteiger partial charge in [-0.25, -0.2) is 0 Å². The van der Waals surface area contributed by atoms with Gasteiger partial charge >= 0.3 is 0 Å². The number of aliphatic hydroxyl groups excluding tert-OH is 3. The highest BCUT2D eigenvalue weighted by Crippen LogP contribution is 2.34. The molecule has 0 saturated carbocycles. The molecule has 0 spiro atoms. The second kappa shape index (κ2) is 4.92. The molecule has 5 nitrogen and oxygen atoms in total. The number of ether oxygens (including phenoxy) is 1. The predicted molar refractivity (Wildman–Crippen MR) is 63.7 cm³/mol. The van der Waals surface area contributed by atoms with E-state index in [0.29, 0.717) is 0 Å². The van der Waals surface area contributed by atoms with Crippen molar-refractivity contribution in [3.8, 4) is 0 Å². The lowest BCUT2D eigenvalue weighted by Gasteiger charge is -2.15. The van der Waals surface area contributed by atoms with Gasteiger partial charge in [-0.15, -0.1) is 0 Å². The number of aromatic nitrogens is 1. The highest BCUT2D eigenvalue weighted by atomic mass is 127.